The van der Waals surface area contributed by atoms with Crippen LogP contribution in [0.2, 0.25) is 0 Å². The second kappa shape index (κ2) is 9.58. The summed E-state index contributed by atoms with van der Waals surface area (Å²) >= 11 is 0. The zero-order valence-electron chi connectivity index (χ0n) is 6.13. The van der Waals surface area contributed by atoms with Gasteiger partial charge in [0.2, 0.25) is 0 Å². The van der Waals surface area contributed by atoms with Crippen LogP contribution in [-0.2, 0) is 4.84 Å². The van der Waals surface area contributed by atoms with Crippen LogP contribution in [0.5, 0.6) is 0 Å². The van der Waals surface area contributed by atoms with Gasteiger partial charge in [0.05, 0.1) is 6.61 Å². The van der Waals surface area contributed by atoms with Gasteiger partial charge in [-0.05, 0) is 7.05 Å². The van der Waals surface area contributed by atoms with Crippen LogP contribution in [0, 0.1) is 0 Å². The van der Waals surface area contributed by atoms with Crippen LogP contribution >= 0.6 is 21.6 Å². The van der Waals surface area contributed by atoms with Crippen molar-refractivity contribution < 1.29 is 4.84 Å². The predicted molar refractivity (Wildman–Crippen MR) is 49.0 cm³/mol. The zero-order chi connectivity index (χ0) is 7.66. The van der Waals surface area contributed by atoms with Crippen LogP contribution in [0.25, 0.3) is 0 Å². The lowest BCUT2D eigenvalue weighted by Gasteiger charge is -1.98. The molecular formula is C5H14N2OS2. The van der Waals surface area contributed by atoms with Crippen molar-refractivity contribution in [3.63, 3.8) is 0 Å². The summed E-state index contributed by atoms with van der Waals surface area (Å²) in [6.07, 6.45) is 0. The standard InChI is InChI=1S/C5H14N2OS2/c1-7-2-4-9-10-5-3-8-6/h7H,2-6H2,1H3. The van der Waals surface area contributed by atoms with E-state index in [1.54, 1.807) is 10.8 Å². The van der Waals surface area contributed by atoms with Crippen LogP contribution in [0.4, 0.5) is 0 Å². The molecule has 0 saturated heterocycles. The summed E-state index contributed by atoms with van der Waals surface area (Å²) in [4.78, 5) is 4.40. The summed E-state index contributed by atoms with van der Waals surface area (Å²) in [5, 5.41) is 3.07. The highest BCUT2D eigenvalue weighted by molar-refractivity contribution is 8.76. The molecule has 10 heavy (non-hydrogen) atoms. The SMILES string of the molecule is CNCCSSCCON. The van der Waals surface area contributed by atoms with E-state index in [4.69, 9.17) is 5.90 Å². The van der Waals surface area contributed by atoms with Crippen molar-refractivity contribution >= 4 is 21.6 Å². The van der Waals surface area contributed by atoms with Gasteiger partial charge in [-0.3, -0.25) is 0 Å². The van der Waals surface area contributed by atoms with Crippen LogP contribution in [0.3, 0.4) is 0 Å². The number of nitrogens with two attached hydrogens (primary N) is 1. The molecular weight excluding hydrogens is 168 g/mol. The van der Waals surface area contributed by atoms with Gasteiger partial charge in [0, 0.05) is 18.1 Å². The van der Waals surface area contributed by atoms with Gasteiger partial charge in [0.1, 0.15) is 0 Å². The van der Waals surface area contributed by atoms with E-state index in [1.165, 1.54) is 0 Å². The molecule has 0 saturated carbocycles. The highest BCUT2D eigenvalue weighted by Gasteiger charge is 1.88. The van der Waals surface area contributed by atoms with E-state index in [1.807, 2.05) is 17.8 Å². The van der Waals surface area contributed by atoms with Crippen LogP contribution < -0.4 is 11.2 Å². The largest absolute Gasteiger partial charge is 0.319 e. The van der Waals surface area contributed by atoms with Crippen molar-refractivity contribution in [1.29, 1.82) is 0 Å². The van der Waals surface area contributed by atoms with Crippen LogP contribution in [0.15, 0.2) is 0 Å². The summed E-state index contributed by atoms with van der Waals surface area (Å²) < 4.78 is 0. The van der Waals surface area contributed by atoms with E-state index < -0.39 is 0 Å². The Balaban J connectivity index is 2.65. The monoisotopic (exact) mass is 182 g/mol. The lowest BCUT2D eigenvalue weighted by Crippen LogP contribution is -2.09. The highest BCUT2D eigenvalue weighted by atomic mass is 33.1. The second-order valence-electron chi connectivity index (χ2n) is 1.62. The van der Waals surface area contributed by atoms with Crippen molar-refractivity contribution in [3.05, 3.63) is 0 Å². The van der Waals surface area contributed by atoms with E-state index in [9.17, 15) is 0 Å². The van der Waals surface area contributed by atoms with Gasteiger partial charge in [0.15, 0.2) is 0 Å². The summed E-state index contributed by atoms with van der Waals surface area (Å²) in [6, 6.07) is 0. The molecule has 0 aliphatic heterocycles. The quantitative estimate of drug-likeness (QED) is 0.341. The normalized spacial score (nSPS) is 10.2. The molecule has 0 fully saturated rings. The number of hydrogen-bond donors (Lipinski definition) is 2. The number of hydrogen-bond acceptors (Lipinski definition) is 5. The fraction of sp³-hybridized carbons (Fsp3) is 1.00. The molecule has 0 aliphatic carbocycles. The topological polar surface area (TPSA) is 47.3 Å². The van der Waals surface area contributed by atoms with Gasteiger partial charge in [-0.15, -0.1) is 0 Å². The Kier molecular flexibility index (Phi) is 10.1. The molecule has 0 amide bonds. The molecule has 0 atom stereocenters. The summed E-state index contributed by atoms with van der Waals surface area (Å²) in [6.45, 7) is 1.69. The van der Waals surface area contributed by atoms with Crippen LogP contribution in [-0.4, -0.2) is 31.7 Å². The summed E-state index contributed by atoms with van der Waals surface area (Å²) in [5.74, 6) is 6.93. The maximum atomic E-state index is 4.83. The van der Waals surface area contributed by atoms with Gasteiger partial charge in [-0.2, -0.15) is 0 Å². The minimum Gasteiger partial charge on any atom is -0.319 e. The third kappa shape index (κ3) is 8.58. The Hall–Kier alpha value is 0.580. The van der Waals surface area contributed by atoms with E-state index in [0.717, 1.165) is 18.1 Å². The number of nitrogens with one attached hydrogen (secondary N) is 1. The van der Waals surface area contributed by atoms with Gasteiger partial charge in [-0.1, -0.05) is 21.6 Å². The van der Waals surface area contributed by atoms with E-state index >= 15 is 0 Å². The fourth-order valence-corrected chi connectivity index (χ4v) is 2.19. The molecule has 0 spiro atoms. The molecule has 0 aromatic carbocycles. The lowest BCUT2D eigenvalue weighted by molar-refractivity contribution is 0.155. The fourth-order valence-electron chi connectivity index (χ4n) is 0.344. The minimum atomic E-state index is 0.636. The molecule has 5 heteroatoms. The van der Waals surface area contributed by atoms with E-state index in [-0.39, 0.29) is 0 Å². The Bertz CT molecular complexity index is 57.6. The molecule has 3 nitrogen and oxygen atoms in total. The number of rotatable bonds is 7. The molecule has 0 bridgehead atoms. The third-order valence-corrected chi connectivity index (χ3v) is 3.17. The molecule has 0 radical (unpaired) electrons. The van der Waals surface area contributed by atoms with Crippen molar-refractivity contribution in [2.45, 2.75) is 0 Å². The average Bonchev–Trinajstić information content (AvgIpc) is 1.97. The molecule has 0 heterocycles. The first-order valence-electron chi connectivity index (χ1n) is 3.12. The van der Waals surface area contributed by atoms with Crippen molar-refractivity contribution in [2.24, 2.45) is 5.90 Å². The highest BCUT2D eigenvalue weighted by Crippen LogP contribution is 2.19. The van der Waals surface area contributed by atoms with Gasteiger partial charge < -0.3 is 10.2 Å². The van der Waals surface area contributed by atoms with E-state index in [0.29, 0.717) is 6.61 Å². The molecule has 3 N–H and O–H groups in total. The summed E-state index contributed by atoms with van der Waals surface area (Å²) in [7, 11) is 5.58. The zero-order valence-corrected chi connectivity index (χ0v) is 7.76. The average molecular weight is 182 g/mol. The minimum absolute atomic E-state index is 0.636. The summed E-state index contributed by atoms with van der Waals surface area (Å²) in [5.41, 5.74) is 0. The first-order chi connectivity index (χ1) is 4.91. The van der Waals surface area contributed by atoms with Gasteiger partial charge in [-0.25, -0.2) is 5.90 Å². The lowest BCUT2D eigenvalue weighted by atomic mass is 10.8. The Morgan fingerprint density at radius 1 is 1.40 bits per heavy atom. The third-order valence-electron chi connectivity index (χ3n) is 0.803. The molecule has 62 valence electrons. The van der Waals surface area contributed by atoms with Gasteiger partial charge in [0.25, 0.3) is 0 Å². The maximum absolute atomic E-state index is 4.83. The molecule has 0 aliphatic rings. The Labute approximate surface area is 69.8 Å². The maximum Gasteiger partial charge on any atom is 0.0778 e. The van der Waals surface area contributed by atoms with Gasteiger partial charge >= 0.3 is 0 Å². The predicted octanol–water partition coefficient (Wildman–Crippen LogP) is 0.477. The molecule has 0 aromatic heterocycles. The molecule has 0 rings (SSSR count). The second-order valence-corrected chi connectivity index (χ2v) is 4.32. The van der Waals surface area contributed by atoms with Crippen molar-refractivity contribution in [3.8, 4) is 0 Å². The van der Waals surface area contributed by atoms with Crippen LogP contribution in [0.1, 0.15) is 0 Å². The first kappa shape index (κ1) is 10.6. The Morgan fingerprint density at radius 2 is 2.10 bits per heavy atom. The van der Waals surface area contributed by atoms with Crippen molar-refractivity contribution in [1.82, 2.24) is 5.32 Å². The molecule has 0 unspecified atom stereocenters. The molecule has 0 aromatic rings. The Morgan fingerprint density at radius 3 is 2.70 bits per heavy atom. The van der Waals surface area contributed by atoms with Crippen molar-refractivity contribution in [2.75, 3.05) is 31.7 Å². The smallest absolute Gasteiger partial charge is 0.0778 e. The van der Waals surface area contributed by atoms with E-state index in [2.05, 4.69) is 10.2 Å². The first-order valence-corrected chi connectivity index (χ1v) is 5.61.